The van der Waals surface area contributed by atoms with Gasteiger partial charge >= 0.3 is 5.97 Å². The van der Waals surface area contributed by atoms with Crippen molar-refractivity contribution >= 4 is 21.9 Å². The zero-order chi connectivity index (χ0) is 18.2. The van der Waals surface area contributed by atoms with Crippen molar-refractivity contribution in [3.63, 3.8) is 0 Å². The first kappa shape index (κ1) is 18.8. The number of nitriles is 1. The van der Waals surface area contributed by atoms with Gasteiger partial charge in [0.2, 0.25) is 0 Å². The standard InChI is InChI=1S/C19H18BrNO4/c1-3-8-24-18-16(20)9-15(10-17(18)23-2)19(22)25-12-14-6-4-13(11-21)5-7-14/h4-7,9-10H,3,8,12H2,1-2H3. The van der Waals surface area contributed by atoms with Gasteiger partial charge in [0.15, 0.2) is 11.5 Å². The Morgan fingerprint density at radius 2 is 1.96 bits per heavy atom. The second-order valence-corrected chi connectivity index (χ2v) is 6.08. The Balaban J connectivity index is 2.10. The summed E-state index contributed by atoms with van der Waals surface area (Å²) in [5, 5.41) is 8.79. The lowest BCUT2D eigenvalue weighted by molar-refractivity contribution is 0.0472. The Morgan fingerprint density at radius 1 is 1.24 bits per heavy atom. The van der Waals surface area contributed by atoms with E-state index in [2.05, 4.69) is 15.9 Å². The molecule has 0 fully saturated rings. The van der Waals surface area contributed by atoms with Crippen molar-refractivity contribution in [1.29, 1.82) is 5.26 Å². The largest absolute Gasteiger partial charge is 0.493 e. The van der Waals surface area contributed by atoms with E-state index >= 15 is 0 Å². The summed E-state index contributed by atoms with van der Waals surface area (Å²) in [5.74, 6) is 0.562. The molecule has 0 aliphatic carbocycles. The average Bonchev–Trinajstić information content (AvgIpc) is 2.64. The predicted molar refractivity (Wildman–Crippen MR) is 96.8 cm³/mol. The van der Waals surface area contributed by atoms with Crippen LogP contribution >= 0.6 is 15.9 Å². The molecule has 0 bridgehead atoms. The molecular formula is C19H18BrNO4. The molecule has 0 saturated heterocycles. The van der Waals surface area contributed by atoms with Crippen LogP contribution in [0.4, 0.5) is 0 Å². The highest BCUT2D eigenvalue weighted by molar-refractivity contribution is 9.10. The van der Waals surface area contributed by atoms with Crippen LogP contribution in [-0.2, 0) is 11.3 Å². The minimum atomic E-state index is -0.467. The Labute approximate surface area is 155 Å². The van der Waals surface area contributed by atoms with Gasteiger partial charge in [-0.2, -0.15) is 5.26 Å². The summed E-state index contributed by atoms with van der Waals surface area (Å²) < 4.78 is 16.9. The Bertz CT molecular complexity index is 781. The third-order valence-corrected chi connectivity index (χ3v) is 3.96. The lowest BCUT2D eigenvalue weighted by Gasteiger charge is -2.13. The van der Waals surface area contributed by atoms with Crippen LogP contribution in [0.3, 0.4) is 0 Å². The number of carbonyl (C=O) groups is 1. The number of carbonyl (C=O) groups excluding carboxylic acids is 1. The van der Waals surface area contributed by atoms with Crippen molar-refractivity contribution in [2.24, 2.45) is 0 Å². The van der Waals surface area contributed by atoms with Crippen LogP contribution in [0, 0.1) is 11.3 Å². The number of halogens is 1. The van der Waals surface area contributed by atoms with Crippen LogP contribution in [0.1, 0.15) is 34.8 Å². The Morgan fingerprint density at radius 3 is 2.56 bits per heavy atom. The normalized spacial score (nSPS) is 10.0. The number of benzene rings is 2. The summed E-state index contributed by atoms with van der Waals surface area (Å²) in [7, 11) is 1.52. The molecule has 25 heavy (non-hydrogen) atoms. The fraction of sp³-hybridized carbons (Fsp3) is 0.263. The third-order valence-electron chi connectivity index (χ3n) is 3.37. The minimum Gasteiger partial charge on any atom is -0.493 e. The molecule has 2 aromatic carbocycles. The smallest absolute Gasteiger partial charge is 0.338 e. The van der Waals surface area contributed by atoms with E-state index in [1.54, 1.807) is 36.4 Å². The van der Waals surface area contributed by atoms with E-state index in [0.717, 1.165) is 12.0 Å². The molecule has 0 spiro atoms. The van der Waals surface area contributed by atoms with Gasteiger partial charge in [-0.1, -0.05) is 19.1 Å². The van der Waals surface area contributed by atoms with Crippen molar-refractivity contribution in [3.8, 4) is 17.6 Å². The van der Waals surface area contributed by atoms with Crippen molar-refractivity contribution in [1.82, 2.24) is 0 Å². The highest BCUT2D eigenvalue weighted by atomic mass is 79.9. The first-order chi connectivity index (χ1) is 12.1. The number of ether oxygens (including phenoxy) is 3. The van der Waals surface area contributed by atoms with E-state index in [1.807, 2.05) is 13.0 Å². The molecule has 0 atom stereocenters. The maximum absolute atomic E-state index is 12.3. The summed E-state index contributed by atoms with van der Waals surface area (Å²) in [5.41, 5.74) is 1.73. The number of hydrogen-bond donors (Lipinski definition) is 0. The minimum absolute atomic E-state index is 0.124. The molecule has 0 aliphatic rings. The first-order valence-corrected chi connectivity index (χ1v) is 8.54. The van der Waals surface area contributed by atoms with Crippen LogP contribution in [0.2, 0.25) is 0 Å². The van der Waals surface area contributed by atoms with Gasteiger partial charge < -0.3 is 14.2 Å². The molecule has 0 radical (unpaired) electrons. The van der Waals surface area contributed by atoms with Crippen molar-refractivity contribution in [2.45, 2.75) is 20.0 Å². The highest BCUT2D eigenvalue weighted by Gasteiger charge is 2.16. The van der Waals surface area contributed by atoms with Gasteiger partial charge in [0.1, 0.15) is 6.61 Å². The molecule has 2 rings (SSSR count). The number of nitrogens with zero attached hydrogens (tertiary/aromatic N) is 1. The summed E-state index contributed by atoms with van der Waals surface area (Å²) in [4.78, 5) is 12.3. The van der Waals surface area contributed by atoms with Gasteiger partial charge in [0, 0.05) is 0 Å². The number of hydrogen-bond acceptors (Lipinski definition) is 5. The van der Waals surface area contributed by atoms with E-state index in [-0.39, 0.29) is 6.61 Å². The molecule has 0 amide bonds. The monoisotopic (exact) mass is 403 g/mol. The number of esters is 1. The number of methoxy groups -OCH3 is 1. The average molecular weight is 404 g/mol. The second-order valence-electron chi connectivity index (χ2n) is 5.22. The van der Waals surface area contributed by atoms with Crippen molar-refractivity contribution in [3.05, 3.63) is 57.6 Å². The summed E-state index contributed by atoms with van der Waals surface area (Å²) in [6.07, 6.45) is 0.865. The Hall–Kier alpha value is -2.52. The van der Waals surface area contributed by atoms with Gasteiger partial charge in [0.25, 0.3) is 0 Å². The van der Waals surface area contributed by atoms with Gasteiger partial charge in [-0.05, 0) is 52.2 Å². The highest BCUT2D eigenvalue weighted by Crippen LogP contribution is 2.37. The van der Waals surface area contributed by atoms with E-state index in [1.165, 1.54) is 7.11 Å². The van der Waals surface area contributed by atoms with Crippen LogP contribution in [-0.4, -0.2) is 19.7 Å². The molecule has 130 valence electrons. The first-order valence-electron chi connectivity index (χ1n) is 7.75. The van der Waals surface area contributed by atoms with Crippen LogP contribution in [0.25, 0.3) is 0 Å². The van der Waals surface area contributed by atoms with Crippen LogP contribution in [0.5, 0.6) is 11.5 Å². The van der Waals surface area contributed by atoms with E-state index < -0.39 is 5.97 Å². The second kappa shape index (κ2) is 9.09. The molecule has 0 saturated carbocycles. The van der Waals surface area contributed by atoms with Gasteiger partial charge in [-0.3, -0.25) is 0 Å². The topological polar surface area (TPSA) is 68.5 Å². The maximum Gasteiger partial charge on any atom is 0.338 e. The van der Waals surface area contributed by atoms with Crippen LogP contribution in [0.15, 0.2) is 40.9 Å². The molecule has 0 aromatic heterocycles. The SMILES string of the molecule is CCCOc1c(Br)cc(C(=O)OCc2ccc(C#N)cc2)cc1OC. The molecule has 0 unspecified atom stereocenters. The number of rotatable bonds is 7. The summed E-state index contributed by atoms with van der Waals surface area (Å²) in [6.45, 7) is 2.69. The summed E-state index contributed by atoms with van der Waals surface area (Å²) in [6, 6.07) is 12.2. The lowest BCUT2D eigenvalue weighted by Crippen LogP contribution is -2.07. The molecule has 6 heteroatoms. The lowest BCUT2D eigenvalue weighted by atomic mass is 10.1. The fourth-order valence-corrected chi connectivity index (χ4v) is 2.65. The van der Waals surface area contributed by atoms with Gasteiger partial charge in [0.05, 0.1) is 35.4 Å². The molecule has 2 aromatic rings. The maximum atomic E-state index is 12.3. The molecule has 5 nitrogen and oxygen atoms in total. The van der Waals surface area contributed by atoms with Gasteiger partial charge in [-0.25, -0.2) is 4.79 Å². The van der Waals surface area contributed by atoms with Gasteiger partial charge in [-0.15, -0.1) is 0 Å². The predicted octanol–water partition coefficient (Wildman–Crippen LogP) is 4.48. The molecule has 0 aliphatic heterocycles. The van der Waals surface area contributed by atoms with Crippen molar-refractivity contribution < 1.29 is 19.0 Å². The third kappa shape index (κ3) is 4.97. The van der Waals surface area contributed by atoms with E-state index in [4.69, 9.17) is 19.5 Å². The fourth-order valence-electron chi connectivity index (χ4n) is 2.09. The molecule has 0 heterocycles. The molecule has 0 N–H and O–H groups in total. The molecular weight excluding hydrogens is 386 g/mol. The quantitative estimate of drug-likeness (QED) is 0.637. The zero-order valence-corrected chi connectivity index (χ0v) is 15.6. The van der Waals surface area contributed by atoms with Crippen LogP contribution < -0.4 is 9.47 Å². The summed E-state index contributed by atoms with van der Waals surface area (Å²) >= 11 is 3.41. The zero-order valence-electron chi connectivity index (χ0n) is 14.0. The van der Waals surface area contributed by atoms with E-state index in [0.29, 0.717) is 33.7 Å². The Kier molecular flexibility index (Phi) is 6.84. The van der Waals surface area contributed by atoms with E-state index in [9.17, 15) is 4.79 Å². The van der Waals surface area contributed by atoms with Crippen molar-refractivity contribution in [2.75, 3.05) is 13.7 Å².